The molecule has 1 fully saturated rings. The summed E-state index contributed by atoms with van der Waals surface area (Å²) in [7, 11) is -3.05. The minimum absolute atomic E-state index is 0.00846. The third-order valence-electron chi connectivity index (χ3n) is 4.59. The molecule has 2 aromatic rings. The Kier molecular flexibility index (Phi) is 5.92. The van der Waals surface area contributed by atoms with Crippen molar-refractivity contribution in [1.82, 2.24) is 15.2 Å². The van der Waals surface area contributed by atoms with Crippen LogP contribution in [0.1, 0.15) is 24.5 Å². The van der Waals surface area contributed by atoms with Crippen LogP contribution >= 0.6 is 0 Å². The second-order valence-corrected chi connectivity index (χ2v) is 9.38. The number of nitrogens with one attached hydrogen (secondary N) is 1. The Balaban J connectivity index is 1.60. The number of sulfone groups is 1. The summed E-state index contributed by atoms with van der Waals surface area (Å²) in [6.07, 6.45) is 3.83. The summed E-state index contributed by atoms with van der Waals surface area (Å²) in [6, 6.07) is 12.2. The van der Waals surface area contributed by atoms with E-state index in [1.165, 1.54) is 11.8 Å². The van der Waals surface area contributed by atoms with Crippen LogP contribution in [-0.4, -0.2) is 49.6 Å². The van der Waals surface area contributed by atoms with E-state index in [0.29, 0.717) is 5.56 Å². The molecule has 0 bridgehead atoms. The lowest BCUT2D eigenvalue weighted by Gasteiger charge is -2.16. The van der Waals surface area contributed by atoms with E-state index in [0.717, 1.165) is 37.3 Å². The number of benzene rings is 1. The van der Waals surface area contributed by atoms with E-state index in [9.17, 15) is 13.2 Å². The summed E-state index contributed by atoms with van der Waals surface area (Å²) in [4.78, 5) is 17.9. The van der Waals surface area contributed by atoms with Crippen molar-refractivity contribution >= 4 is 15.7 Å². The lowest BCUT2D eigenvalue weighted by atomic mass is 10.1. The average molecular weight is 388 g/mol. The third-order valence-corrected chi connectivity index (χ3v) is 5.45. The Labute approximate surface area is 160 Å². The first-order chi connectivity index (χ1) is 12.8. The Hall–Kier alpha value is -2.25. The Bertz CT molecular complexity index is 893. The van der Waals surface area contributed by atoms with Crippen LogP contribution in [0.4, 0.5) is 0 Å². The molecule has 7 heteroatoms. The van der Waals surface area contributed by atoms with Crippen molar-refractivity contribution in [2.24, 2.45) is 0 Å². The van der Waals surface area contributed by atoms with E-state index in [2.05, 4.69) is 27.3 Å². The number of rotatable bonds is 6. The number of hydrogen-bond acceptors (Lipinski definition) is 5. The summed E-state index contributed by atoms with van der Waals surface area (Å²) in [5.41, 5.74) is 3.74. The van der Waals surface area contributed by atoms with Crippen LogP contribution in [-0.2, 0) is 26.9 Å². The van der Waals surface area contributed by atoms with Gasteiger partial charge in [0.15, 0.2) is 9.84 Å². The molecule has 1 amide bonds. The fraction of sp³-hybridized carbons (Fsp3) is 0.400. The van der Waals surface area contributed by atoms with Crippen LogP contribution in [0.2, 0.25) is 0 Å². The second kappa shape index (κ2) is 8.19. The van der Waals surface area contributed by atoms with E-state index in [4.69, 9.17) is 0 Å². The van der Waals surface area contributed by atoms with Crippen LogP contribution in [0, 0.1) is 0 Å². The first kappa shape index (κ1) is 19.5. The minimum Gasteiger partial charge on any atom is -0.352 e. The van der Waals surface area contributed by atoms with Gasteiger partial charge in [0.1, 0.15) is 0 Å². The maximum Gasteiger partial charge on any atom is 0.217 e. The van der Waals surface area contributed by atoms with Crippen molar-refractivity contribution in [2.45, 2.75) is 31.7 Å². The zero-order chi connectivity index (χ0) is 19.4. The molecule has 0 aliphatic carbocycles. The molecule has 1 aromatic carbocycles. The number of pyridine rings is 1. The number of carbonyl (C=O) groups excluding carboxylic acids is 1. The Morgan fingerprint density at radius 3 is 2.48 bits per heavy atom. The largest absolute Gasteiger partial charge is 0.352 e. The molecule has 144 valence electrons. The van der Waals surface area contributed by atoms with Crippen molar-refractivity contribution in [3.05, 3.63) is 53.7 Å². The van der Waals surface area contributed by atoms with Gasteiger partial charge < -0.3 is 5.32 Å². The summed E-state index contributed by atoms with van der Waals surface area (Å²) in [5, 5.41) is 2.98. The Morgan fingerprint density at radius 2 is 1.89 bits per heavy atom. The van der Waals surface area contributed by atoms with Crippen LogP contribution in [0.25, 0.3) is 11.3 Å². The SMILES string of the molecule is CC(=O)NC1CCN(Cc2ccc(-c3ccc(CS(C)(=O)=O)cn3)cc2)C1. The van der Waals surface area contributed by atoms with Crippen molar-refractivity contribution < 1.29 is 13.2 Å². The van der Waals surface area contributed by atoms with Gasteiger partial charge in [0.2, 0.25) is 5.91 Å². The van der Waals surface area contributed by atoms with Crippen LogP contribution in [0.3, 0.4) is 0 Å². The van der Waals surface area contributed by atoms with Crippen LogP contribution in [0.5, 0.6) is 0 Å². The van der Waals surface area contributed by atoms with E-state index < -0.39 is 9.84 Å². The van der Waals surface area contributed by atoms with Crippen molar-refractivity contribution in [3.8, 4) is 11.3 Å². The highest BCUT2D eigenvalue weighted by Gasteiger charge is 2.22. The van der Waals surface area contributed by atoms with Crippen LogP contribution < -0.4 is 5.32 Å². The molecule has 2 heterocycles. The maximum absolute atomic E-state index is 11.4. The highest BCUT2D eigenvalue weighted by Crippen LogP contribution is 2.20. The lowest BCUT2D eigenvalue weighted by Crippen LogP contribution is -2.35. The Morgan fingerprint density at radius 1 is 1.19 bits per heavy atom. The van der Waals surface area contributed by atoms with E-state index >= 15 is 0 Å². The predicted molar refractivity (Wildman–Crippen MR) is 106 cm³/mol. The monoisotopic (exact) mass is 387 g/mol. The van der Waals surface area contributed by atoms with Gasteiger partial charge in [-0.3, -0.25) is 14.7 Å². The van der Waals surface area contributed by atoms with Gasteiger partial charge in [-0.1, -0.05) is 30.3 Å². The molecule has 1 aliphatic rings. The van der Waals surface area contributed by atoms with Gasteiger partial charge in [-0.15, -0.1) is 0 Å². The molecular weight excluding hydrogens is 362 g/mol. The molecule has 0 spiro atoms. The summed E-state index contributed by atoms with van der Waals surface area (Å²) < 4.78 is 22.7. The minimum atomic E-state index is -3.05. The quantitative estimate of drug-likeness (QED) is 0.820. The molecule has 0 saturated carbocycles. The number of hydrogen-bond donors (Lipinski definition) is 1. The molecule has 27 heavy (non-hydrogen) atoms. The summed E-state index contributed by atoms with van der Waals surface area (Å²) in [5.74, 6) is 0.0374. The van der Waals surface area contributed by atoms with Gasteiger partial charge >= 0.3 is 0 Å². The van der Waals surface area contributed by atoms with E-state index in [1.807, 2.05) is 24.3 Å². The van der Waals surface area contributed by atoms with Gasteiger partial charge in [0.25, 0.3) is 0 Å². The highest BCUT2D eigenvalue weighted by molar-refractivity contribution is 7.89. The molecule has 1 saturated heterocycles. The first-order valence-corrected chi connectivity index (χ1v) is 11.1. The van der Waals surface area contributed by atoms with Crippen molar-refractivity contribution in [2.75, 3.05) is 19.3 Å². The summed E-state index contributed by atoms with van der Waals surface area (Å²) in [6.45, 7) is 4.28. The summed E-state index contributed by atoms with van der Waals surface area (Å²) >= 11 is 0. The molecule has 1 atom stereocenters. The number of amides is 1. The van der Waals surface area contributed by atoms with E-state index in [-0.39, 0.29) is 17.7 Å². The average Bonchev–Trinajstić information content (AvgIpc) is 3.01. The topological polar surface area (TPSA) is 79.4 Å². The predicted octanol–water partition coefficient (Wildman–Crippen LogP) is 2.00. The highest BCUT2D eigenvalue weighted by atomic mass is 32.2. The standard InChI is InChI=1S/C20H25N3O3S/c1-15(24)22-19-9-10-23(13-19)12-16-3-6-18(7-4-16)20-8-5-17(11-21-20)14-27(2,25)26/h3-8,11,19H,9-10,12-14H2,1-2H3,(H,22,24). The van der Waals surface area contributed by atoms with Gasteiger partial charge in [-0.05, 0) is 23.6 Å². The number of likely N-dealkylation sites (tertiary alicyclic amines) is 1. The van der Waals surface area contributed by atoms with Gasteiger partial charge in [-0.25, -0.2) is 8.42 Å². The van der Waals surface area contributed by atoms with Gasteiger partial charge in [-0.2, -0.15) is 0 Å². The van der Waals surface area contributed by atoms with Crippen molar-refractivity contribution in [1.29, 1.82) is 0 Å². The molecule has 1 unspecified atom stereocenters. The molecular formula is C20H25N3O3S. The van der Waals surface area contributed by atoms with Crippen molar-refractivity contribution in [3.63, 3.8) is 0 Å². The fourth-order valence-electron chi connectivity index (χ4n) is 3.40. The zero-order valence-corrected chi connectivity index (χ0v) is 16.5. The number of nitrogens with zero attached hydrogens (tertiary/aromatic N) is 2. The lowest BCUT2D eigenvalue weighted by molar-refractivity contribution is -0.119. The third kappa shape index (κ3) is 5.87. The number of aromatic nitrogens is 1. The number of carbonyl (C=O) groups is 1. The molecule has 6 nitrogen and oxygen atoms in total. The molecule has 1 aliphatic heterocycles. The van der Waals surface area contributed by atoms with E-state index in [1.54, 1.807) is 13.1 Å². The molecule has 3 rings (SSSR count). The molecule has 1 aromatic heterocycles. The maximum atomic E-state index is 11.4. The normalized spacial score (nSPS) is 17.8. The smallest absolute Gasteiger partial charge is 0.217 e. The second-order valence-electron chi connectivity index (χ2n) is 7.24. The van der Waals surface area contributed by atoms with Gasteiger partial charge in [0.05, 0.1) is 11.4 Å². The molecule has 1 N–H and O–H groups in total. The zero-order valence-electron chi connectivity index (χ0n) is 15.7. The molecule has 0 radical (unpaired) electrons. The fourth-order valence-corrected chi connectivity index (χ4v) is 4.18. The van der Waals surface area contributed by atoms with Gasteiger partial charge in [0, 0.05) is 50.6 Å². The first-order valence-electron chi connectivity index (χ1n) is 9.00. The van der Waals surface area contributed by atoms with Crippen LogP contribution in [0.15, 0.2) is 42.6 Å².